The van der Waals surface area contributed by atoms with Crippen LogP contribution in [0.2, 0.25) is 0 Å². The number of nitrogens with zero attached hydrogens (tertiary/aromatic N) is 2. The lowest BCUT2D eigenvalue weighted by molar-refractivity contribution is 0.103. The van der Waals surface area contributed by atoms with Gasteiger partial charge in [0.25, 0.3) is 5.91 Å². The highest BCUT2D eigenvalue weighted by atomic mass is 32.1. The molecule has 0 spiro atoms. The summed E-state index contributed by atoms with van der Waals surface area (Å²) in [7, 11) is 0. The smallest absolute Gasteiger partial charge is 0.266 e. The molecule has 0 atom stereocenters. The maximum absolute atomic E-state index is 12.2. The van der Waals surface area contributed by atoms with Gasteiger partial charge in [0.05, 0.1) is 11.4 Å². The zero-order chi connectivity index (χ0) is 16.8. The predicted molar refractivity (Wildman–Crippen MR) is 93.5 cm³/mol. The lowest BCUT2D eigenvalue weighted by Gasteiger charge is -2.03. The lowest BCUT2D eigenvalue weighted by atomic mass is 10.3. The summed E-state index contributed by atoms with van der Waals surface area (Å²) in [6, 6.07) is 7.36. The van der Waals surface area contributed by atoms with Crippen LogP contribution in [0.1, 0.15) is 25.9 Å². The van der Waals surface area contributed by atoms with Gasteiger partial charge >= 0.3 is 0 Å². The quantitative estimate of drug-likeness (QED) is 0.524. The molecule has 5 N–H and O–H groups in total. The summed E-state index contributed by atoms with van der Waals surface area (Å²) in [6.45, 7) is 1.77. The maximum atomic E-state index is 12.2. The molecule has 0 bridgehead atoms. The number of aromatic amines is 1. The average molecular weight is 342 g/mol. The molecular formula is C16H18N6OS. The second-order valence-corrected chi connectivity index (χ2v) is 6.28. The van der Waals surface area contributed by atoms with Crippen molar-refractivity contribution in [2.24, 2.45) is 5.73 Å². The SMILES string of the molecule is NCc1ccc(NC(=O)c2ccc(CNCc3ncc[nH]3)s2)nc1. The number of thiophene rings is 1. The van der Waals surface area contributed by atoms with Crippen LogP contribution in [0, 0.1) is 0 Å². The van der Waals surface area contributed by atoms with Crippen molar-refractivity contribution in [3.63, 3.8) is 0 Å². The molecule has 3 rings (SSSR count). The third-order valence-corrected chi connectivity index (χ3v) is 4.42. The topological polar surface area (TPSA) is 109 Å². The molecule has 8 heteroatoms. The largest absolute Gasteiger partial charge is 0.348 e. The Hall–Kier alpha value is -2.55. The summed E-state index contributed by atoms with van der Waals surface area (Å²) in [5.41, 5.74) is 6.45. The van der Waals surface area contributed by atoms with Crippen LogP contribution >= 0.6 is 11.3 Å². The zero-order valence-electron chi connectivity index (χ0n) is 13.0. The third-order valence-electron chi connectivity index (χ3n) is 3.33. The molecule has 0 radical (unpaired) electrons. The van der Waals surface area contributed by atoms with Crippen molar-refractivity contribution in [1.29, 1.82) is 0 Å². The van der Waals surface area contributed by atoms with Gasteiger partial charge in [0.2, 0.25) is 0 Å². The van der Waals surface area contributed by atoms with E-state index in [1.54, 1.807) is 24.7 Å². The van der Waals surface area contributed by atoms with Crippen molar-refractivity contribution in [2.75, 3.05) is 5.32 Å². The van der Waals surface area contributed by atoms with E-state index in [0.29, 0.717) is 30.3 Å². The minimum Gasteiger partial charge on any atom is -0.348 e. The summed E-state index contributed by atoms with van der Waals surface area (Å²) >= 11 is 1.45. The first-order valence-corrected chi connectivity index (χ1v) is 8.30. The highest BCUT2D eigenvalue weighted by Gasteiger charge is 2.10. The Bertz CT molecular complexity index is 781. The standard InChI is InChI=1S/C16H18N6OS/c17-7-11-1-4-14(21-8-11)22-16(23)13-3-2-12(24-13)9-18-10-15-19-5-6-20-15/h1-6,8,18H,7,9-10,17H2,(H,19,20)(H,21,22,23). The van der Waals surface area contributed by atoms with Gasteiger partial charge in [0.15, 0.2) is 0 Å². The molecule has 3 aromatic heterocycles. The minimum absolute atomic E-state index is 0.162. The summed E-state index contributed by atoms with van der Waals surface area (Å²) in [6.07, 6.45) is 5.17. The second kappa shape index (κ2) is 7.82. The minimum atomic E-state index is -0.162. The molecule has 0 unspecified atom stereocenters. The van der Waals surface area contributed by atoms with E-state index in [4.69, 9.17) is 5.73 Å². The Kier molecular flexibility index (Phi) is 5.32. The van der Waals surface area contributed by atoms with Gasteiger partial charge in [-0.25, -0.2) is 9.97 Å². The van der Waals surface area contributed by atoms with Gasteiger partial charge in [-0.05, 0) is 23.8 Å². The van der Waals surface area contributed by atoms with E-state index < -0.39 is 0 Å². The Labute approximate surface area is 143 Å². The molecule has 1 amide bonds. The number of carbonyl (C=O) groups is 1. The molecule has 0 aliphatic rings. The molecule has 0 aromatic carbocycles. The van der Waals surface area contributed by atoms with Gasteiger partial charge in [0, 0.05) is 36.6 Å². The van der Waals surface area contributed by atoms with E-state index in [-0.39, 0.29) is 5.91 Å². The molecule has 124 valence electrons. The molecule has 0 fully saturated rings. The number of nitrogens with one attached hydrogen (secondary N) is 3. The van der Waals surface area contributed by atoms with E-state index in [9.17, 15) is 4.79 Å². The number of imidazole rings is 1. The molecule has 0 saturated carbocycles. The molecular weight excluding hydrogens is 324 g/mol. The predicted octanol–water partition coefficient (Wildman–Crippen LogP) is 1.87. The molecule has 24 heavy (non-hydrogen) atoms. The Balaban J connectivity index is 1.52. The van der Waals surface area contributed by atoms with Crippen LogP contribution < -0.4 is 16.4 Å². The number of rotatable bonds is 7. The Morgan fingerprint density at radius 1 is 1.21 bits per heavy atom. The average Bonchev–Trinajstić information content (AvgIpc) is 3.27. The van der Waals surface area contributed by atoms with Gasteiger partial charge < -0.3 is 21.4 Å². The van der Waals surface area contributed by atoms with Crippen LogP contribution in [0.5, 0.6) is 0 Å². The molecule has 3 aromatic rings. The number of carbonyl (C=O) groups excluding carboxylic acids is 1. The van der Waals surface area contributed by atoms with Crippen molar-refractivity contribution in [2.45, 2.75) is 19.6 Å². The molecule has 7 nitrogen and oxygen atoms in total. The summed E-state index contributed by atoms with van der Waals surface area (Å²) < 4.78 is 0. The first kappa shape index (κ1) is 16.3. The summed E-state index contributed by atoms with van der Waals surface area (Å²) in [4.78, 5) is 25.3. The van der Waals surface area contributed by atoms with E-state index in [0.717, 1.165) is 16.3 Å². The van der Waals surface area contributed by atoms with Crippen molar-refractivity contribution in [1.82, 2.24) is 20.3 Å². The number of H-pyrrole nitrogens is 1. The fraction of sp³-hybridized carbons (Fsp3) is 0.188. The lowest BCUT2D eigenvalue weighted by Crippen LogP contribution is -2.13. The van der Waals surface area contributed by atoms with Gasteiger partial charge in [0.1, 0.15) is 11.6 Å². The summed E-state index contributed by atoms with van der Waals surface area (Å²) in [5, 5.41) is 6.06. The van der Waals surface area contributed by atoms with Crippen LogP contribution in [0.25, 0.3) is 0 Å². The Morgan fingerprint density at radius 2 is 2.12 bits per heavy atom. The zero-order valence-corrected chi connectivity index (χ0v) is 13.8. The van der Waals surface area contributed by atoms with E-state index in [1.165, 1.54) is 11.3 Å². The van der Waals surface area contributed by atoms with Crippen molar-refractivity contribution < 1.29 is 4.79 Å². The van der Waals surface area contributed by atoms with Crippen molar-refractivity contribution in [3.8, 4) is 0 Å². The van der Waals surface area contributed by atoms with Crippen molar-refractivity contribution in [3.05, 3.63) is 64.0 Å². The fourth-order valence-corrected chi connectivity index (χ4v) is 2.96. The van der Waals surface area contributed by atoms with Gasteiger partial charge in [-0.1, -0.05) is 6.07 Å². The number of nitrogens with two attached hydrogens (primary N) is 1. The number of hydrogen-bond donors (Lipinski definition) is 4. The highest BCUT2D eigenvalue weighted by molar-refractivity contribution is 7.14. The first-order valence-electron chi connectivity index (χ1n) is 7.48. The monoisotopic (exact) mass is 342 g/mol. The number of aromatic nitrogens is 3. The van der Waals surface area contributed by atoms with Crippen LogP contribution in [-0.2, 0) is 19.6 Å². The van der Waals surface area contributed by atoms with Gasteiger partial charge in [-0.3, -0.25) is 4.79 Å². The first-order chi connectivity index (χ1) is 11.7. The molecule has 0 saturated heterocycles. The van der Waals surface area contributed by atoms with Crippen LogP contribution in [0.15, 0.2) is 42.9 Å². The van der Waals surface area contributed by atoms with Crippen LogP contribution in [-0.4, -0.2) is 20.9 Å². The summed E-state index contributed by atoms with van der Waals surface area (Å²) in [5.74, 6) is 1.24. The molecule has 0 aliphatic carbocycles. The van der Waals surface area contributed by atoms with E-state index in [2.05, 4.69) is 25.6 Å². The van der Waals surface area contributed by atoms with E-state index >= 15 is 0 Å². The number of amides is 1. The highest BCUT2D eigenvalue weighted by Crippen LogP contribution is 2.18. The van der Waals surface area contributed by atoms with Gasteiger partial charge in [-0.15, -0.1) is 11.3 Å². The number of pyridine rings is 1. The van der Waals surface area contributed by atoms with Crippen LogP contribution in [0.4, 0.5) is 5.82 Å². The van der Waals surface area contributed by atoms with Gasteiger partial charge in [-0.2, -0.15) is 0 Å². The second-order valence-electron chi connectivity index (χ2n) is 5.12. The fourth-order valence-electron chi connectivity index (χ4n) is 2.09. The van der Waals surface area contributed by atoms with Crippen LogP contribution in [0.3, 0.4) is 0 Å². The van der Waals surface area contributed by atoms with Crippen molar-refractivity contribution >= 4 is 23.1 Å². The normalized spacial score (nSPS) is 10.7. The Morgan fingerprint density at radius 3 is 2.83 bits per heavy atom. The maximum Gasteiger partial charge on any atom is 0.266 e. The third kappa shape index (κ3) is 4.25. The van der Waals surface area contributed by atoms with E-state index in [1.807, 2.05) is 18.2 Å². The molecule has 0 aliphatic heterocycles. The number of anilines is 1. The number of hydrogen-bond acceptors (Lipinski definition) is 6. The molecule has 3 heterocycles.